The van der Waals surface area contributed by atoms with E-state index in [1.165, 1.54) is 30.4 Å². The van der Waals surface area contributed by atoms with E-state index in [4.69, 9.17) is 4.74 Å². The van der Waals surface area contributed by atoms with Crippen molar-refractivity contribution in [2.24, 2.45) is 0 Å². The predicted octanol–water partition coefficient (Wildman–Crippen LogP) is 3.08. The molecule has 2 aromatic rings. The van der Waals surface area contributed by atoms with Crippen LogP contribution in [0.1, 0.15) is 42.6 Å². The fourth-order valence-electron chi connectivity index (χ4n) is 3.08. The Morgan fingerprint density at radius 2 is 2.33 bits per heavy atom. The Hall–Kier alpha value is -1.81. The van der Waals surface area contributed by atoms with Gasteiger partial charge in [0, 0.05) is 12.6 Å². The zero-order chi connectivity index (χ0) is 14.7. The second-order valence-electron chi connectivity index (χ2n) is 5.55. The van der Waals surface area contributed by atoms with E-state index >= 15 is 0 Å². The predicted molar refractivity (Wildman–Crippen MR) is 83.4 cm³/mol. The molecule has 0 bridgehead atoms. The van der Waals surface area contributed by atoms with Crippen LogP contribution in [0.3, 0.4) is 0 Å². The van der Waals surface area contributed by atoms with Gasteiger partial charge in [0.2, 0.25) is 0 Å². The molecule has 1 aromatic heterocycles. The van der Waals surface area contributed by atoms with Crippen molar-refractivity contribution in [1.29, 1.82) is 0 Å². The standard InChI is InChI=1S/C17H23N3O/c1-3-20-12-19-10-14(20)11-21-15-8-7-13-5-4-6-17(18-2)16(13)9-15/h7-10,12,17-18H,3-6,11H2,1-2H3. The van der Waals surface area contributed by atoms with E-state index < -0.39 is 0 Å². The highest BCUT2D eigenvalue weighted by Gasteiger charge is 2.19. The Morgan fingerprint density at radius 3 is 3.14 bits per heavy atom. The van der Waals surface area contributed by atoms with E-state index in [1.54, 1.807) is 0 Å². The molecule has 4 nitrogen and oxygen atoms in total. The third-order valence-electron chi connectivity index (χ3n) is 4.31. The average Bonchev–Trinajstić information content (AvgIpc) is 2.99. The van der Waals surface area contributed by atoms with Gasteiger partial charge in [-0.1, -0.05) is 6.07 Å². The van der Waals surface area contributed by atoms with Gasteiger partial charge in [0.15, 0.2) is 0 Å². The van der Waals surface area contributed by atoms with Crippen LogP contribution in [0.5, 0.6) is 5.75 Å². The molecular formula is C17H23N3O. The largest absolute Gasteiger partial charge is 0.487 e. The minimum absolute atomic E-state index is 0.457. The fourth-order valence-corrected chi connectivity index (χ4v) is 3.08. The van der Waals surface area contributed by atoms with Gasteiger partial charge in [-0.3, -0.25) is 0 Å². The second kappa shape index (κ2) is 6.31. The minimum Gasteiger partial charge on any atom is -0.487 e. The molecule has 0 amide bonds. The lowest BCUT2D eigenvalue weighted by Crippen LogP contribution is -2.21. The first-order valence-electron chi connectivity index (χ1n) is 7.73. The number of benzene rings is 1. The molecule has 1 unspecified atom stereocenters. The second-order valence-corrected chi connectivity index (χ2v) is 5.55. The van der Waals surface area contributed by atoms with Crippen molar-refractivity contribution in [3.05, 3.63) is 47.5 Å². The van der Waals surface area contributed by atoms with Crippen molar-refractivity contribution < 1.29 is 4.74 Å². The van der Waals surface area contributed by atoms with Crippen molar-refractivity contribution in [1.82, 2.24) is 14.9 Å². The van der Waals surface area contributed by atoms with E-state index in [2.05, 4.69) is 40.0 Å². The molecule has 0 spiro atoms. The molecule has 1 heterocycles. The first-order chi connectivity index (χ1) is 10.3. The van der Waals surface area contributed by atoms with E-state index in [0.29, 0.717) is 12.6 Å². The molecule has 0 aliphatic heterocycles. The summed E-state index contributed by atoms with van der Waals surface area (Å²) in [7, 11) is 2.03. The van der Waals surface area contributed by atoms with Gasteiger partial charge in [0.05, 0.1) is 18.2 Å². The van der Waals surface area contributed by atoms with E-state index in [-0.39, 0.29) is 0 Å². The summed E-state index contributed by atoms with van der Waals surface area (Å²) in [6.07, 6.45) is 7.36. The highest BCUT2D eigenvalue weighted by molar-refractivity contribution is 5.39. The molecule has 0 saturated heterocycles. The molecule has 4 heteroatoms. The number of hydrogen-bond acceptors (Lipinski definition) is 3. The first-order valence-corrected chi connectivity index (χ1v) is 7.73. The summed E-state index contributed by atoms with van der Waals surface area (Å²) in [5.74, 6) is 0.944. The number of imidazole rings is 1. The lowest BCUT2D eigenvalue weighted by atomic mass is 9.87. The normalized spacial score (nSPS) is 17.5. The van der Waals surface area contributed by atoms with Crippen molar-refractivity contribution in [2.75, 3.05) is 7.05 Å². The minimum atomic E-state index is 0.457. The molecule has 1 aliphatic carbocycles. The Kier molecular flexibility index (Phi) is 4.25. The number of hydrogen-bond donors (Lipinski definition) is 1. The molecule has 21 heavy (non-hydrogen) atoms. The average molecular weight is 285 g/mol. The number of nitrogens with zero attached hydrogens (tertiary/aromatic N) is 2. The van der Waals surface area contributed by atoms with Crippen LogP contribution < -0.4 is 10.1 Å². The van der Waals surface area contributed by atoms with Crippen LogP contribution in [0.4, 0.5) is 0 Å². The van der Waals surface area contributed by atoms with Gasteiger partial charge in [-0.15, -0.1) is 0 Å². The number of nitrogens with one attached hydrogen (secondary N) is 1. The van der Waals surface area contributed by atoms with Crippen LogP contribution >= 0.6 is 0 Å². The topological polar surface area (TPSA) is 39.1 Å². The van der Waals surface area contributed by atoms with Crippen LogP contribution in [0.15, 0.2) is 30.7 Å². The van der Waals surface area contributed by atoms with Crippen molar-refractivity contribution >= 4 is 0 Å². The third-order valence-corrected chi connectivity index (χ3v) is 4.31. The van der Waals surface area contributed by atoms with Gasteiger partial charge in [-0.2, -0.15) is 0 Å². The van der Waals surface area contributed by atoms with Gasteiger partial charge >= 0.3 is 0 Å². The molecular weight excluding hydrogens is 262 g/mol. The van der Waals surface area contributed by atoms with Crippen LogP contribution in [0.2, 0.25) is 0 Å². The third kappa shape index (κ3) is 2.95. The summed E-state index contributed by atoms with van der Waals surface area (Å²) in [5.41, 5.74) is 3.96. The zero-order valence-corrected chi connectivity index (χ0v) is 12.8. The van der Waals surface area contributed by atoms with Crippen molar-refractivity contribution in [3.8, 4) is 5.75 Å². The monoisotopic (exact) mass is 285 g/mol. The van der Waals surface area contributed by atoms with Gasteiger partial charge in [-0.25, -0.2) is 4.98 Å². The van der Waals surface area contributed by atoms with Crippen LogP contribution in [-0.2, 0) is 19.6 Å². The Morgan fingerprint density at radius 1 is 1.43 bits per heavy atom. The van der Waals surface area contributed by atoms with Crippen LogP contribution in [-0.4, -0.2) is 16.6 Å². The Balaban J connectivity index is 1.74. The zero-order valence-electron chi connectivity index (χ0n) is 12.8. The lowest BCUT2D eigenvalue weighted by Gasteiger charge is -2.25. The van der Waals surface area contributed by atoms with Crippen molar-refractivity contribution in [3.63, 3.8) is 0 Å². The maximum absolute atomic E-state index is 5.96. The van der Waals surface area contributed by atoms with E-state index in [0.717, 1.165) is 18.0 Å². The molecule has 0 saturated carbocycles. The molecule has 1 aromatic carbocycles. The number of ether oxygens (including phenoxy) is 1. The summed E-state index contributed by atoms with van der Waals surface area (Å²) >= 11 is 0. The smallest absolute Gasteiger partial charge is 0.130 e. The molecule has 0 fully saturated rings. The lowest BCUT2D eigenvalue weighted by molar-refractivity contribution is 0.294. The Bertz CT molecular complexity index is 606. The molecule has 1 N–H and O–H groups in total. The summed E-state index contributed by atoms with van der Waals surface area (Å²) in [6.45, 7) is 3.60. The van der Waals surface area contributed by atoms with Crippen LogP contribution in [0, 0.1) is 0 Å². The van der Waals surface area contributed by atoms with Crippen molar-refractivity contribution in [2.45, 2.75) is 45.4 Å². The molecule has 3 rings (SSSR count). The van der Waals surface area contributed by atoms with Gasteiger partial charge in [0.1, 0.15) is 12.4 Å². The Labute approximate surface area is 126 Å². The van der Waals surface area contributed by atoms with Gasteiger partial charge in [0.25, 0.3) is 0 Å². The highest BCUT2D eigenvalue weighted by atomic mass is 16.5. The molecule has 112 valence electrons. The summed E-state index contributed by atoms with van der Waals surface area (Å²) in [6, 6.07) is 6.95. The highest BCUT2D eigenvalue weighted by Crippen LogP contribution is 2.32. The van der Waals surface area contributed by atoms with E-state index in [1.807, 2.05) is 19.6 Å². The van der Waals surface area contributed by atoms with Gasteiger partial charge < -0.3 is 14.6 Å². The SMILES string of the molecule is CCn1cncc1COc1ccc2c(c1)C(NC)CCC2. The van der Waals surface area contributed by atoms with E-state index in [9.17, 15) is 0 Å². The first kappa shape index (κ1) is 14.1. The molecule has 1 aliphatic rings. The quantitative estimate of drug-likeness (QED) is 0.917. The summed E-state index contributed by atoms with van der Waals surface area (Å²) in [5, 5.41) is 3.41. The molecule has 1 atom stereocenters. The molecule has 0 radical (unpaired) electrons. The number of rotatable bonds is 5. The maximum atomic E-state index is 5.96. The summed E-state index contributed by atoms with van der Waals surface area (Å²) < 4.78 is 8.07. The number of fused-ring (bicyclic) bond motifs is 1. The van der Waals surface area contributed by atoms with Gasteiger partial charge in [-0.05, 0) is 56.5 Å². The number of aryl methyl sites for hydroxylation is 2. The fraction of sp³-hybridized carbons (Fsp3) is 0.471. The maximum Gasteiger partial charge on any atom is 0.130 e. The van der Waals surface area contributed by atoms with Crippen LogP contribution in [0.25, 0.3) is 0 Å². The summed E-state index contributed by atoms with van der Waals surface area (Å²) in [4.78, 5) is 4.17. The number of aromatic nitrogens is 2.